The van der Waals surface area contributed by atoms with E-state index in [0.29, 0.717) is 0 Å². The van der Waals surface area contributed by atoms with Gasteiger partial charge in [-0.15, -0.1) is 0 Å². The van der Waals surface area contributed by atoms with Crippen molar-refractivity contribution in [1.82, 2.24) is 0 Å². The van der Waals surface area contributed by atoms with E-state index in [-0.39, 0.29) is 11.9 Å². The Balaban J connectivity index is 2.12. The van der Waals surface area contributed by atoms with Crippen LogP contribution in [-0.4, -0.2) is 12.2 Å². The van der Waals surface area contributed by atoms with E-state index in [1.807, 2.05) is 30.3 Å². The first kappa shape index (κ1) is 9.69. The van der Waals surface area contributed by atoms with Crippen molar-refractivity contribution in [3.8, 4) is 0 Å². The number of hydrogen-bond donors (Lipinski definition) is 0. The van der Waals surface area contributed by atoms with Crippen LogP contribution in [0.5, 0.6) is 0 Å². The lowest BCUT2D eigenvalue weighted by molar-refractivity contribution is -0.249. The minimum absolute atomic E-state index is 0.0707. The Morgan fingerprint density at radius 2 is 1.93 bits per heavy atom. The van der Waals surface area contributed by atoms with Crippen LogP contribution in [0.4, 0.5) is 0 Å². The van der Waals surface area contributed by atoms with Crippen LogP contribution in [0, 0.1) is 0 Å². The van der Waals surface area contributed by atoms with Crippen LogP contribution in [0.3, 0.4) is 0 Å². The molecule has 1 aromatic carbocycles. The highest BCUT2D eigenvalue weighted by Crippen LogP contribution is 2.31. The topological polar surface area (TPSA) is 18.5 Å². The Labute approximate surface area is 84.8 Å². The highest BCUT2D eigenvalue weighted by Gasteiger charge is 2.29. The van der Waals surface area contributed by atoms with E-state index in [1.165, 1.54) is 0 Å². The van der Waals surface area contributed by atoms with Crippen molar-refractivity contribution in [2.24, 2.45) is 0 Å². The van der Waals surface area contributed by atoms with Gasteiger partial charge in [0.25, 0.3) is 0 Å². The molecule has 2 heteroatoms. The van der Waals surface area contributed by atoms with Crippen molar-refractivity contribution in [3.05, 3.63) is 35.9 Å². The molecule has 0 radical (unpaired) electrons. The average Bonchev–Trinajstić information content (AvgIpc) is 2.18. The van der Waals surface area contributed by atoms with Crippen LogP contribution in [0.15, 0.2) is 30.3 Å². The van der Waals surface area contributed by atoms with Gasteiger partial charge in [0.15, 0.2) is 6.29 Å². The molecule has 76 valence electrons. The summed E-state index contributed by atoms with van der Waals surface area (Å²) in [5, 5.41) is 0. The first-order valence-corrected chi connectivity index (χ1v) is 5.02. The average molecular weight is 192 g/mol. The van der Waals surface area contributed by atoms with E-state index in [4.69, 9.17) is 9.47 Å². The van der Waals surface area contributed by atoms with Crippen LogP contribution in [0.1, 0.15) is 32.1 Å². The van der Waals surface area contributed by atoms with Gasteiger partial charge in [0, 0.05) is 5.56 Å². The molecule has 1 heterocycles. The summed E-state index contributed by atoms with van der Waals surface area (Å²) in [5.41, 5.74) is 1.03. The van der Waals surface area contributed by atoms with Crippen LogP contribution in [0.2, 0.25) is 0 Å². The molecule has 1 fully saturated rings. The molecule has 1 saturated heterocycles. The summed E-state index contributed by atoms with van der Waals surface area (Å²) in [6.45, 7) is 4.98. The molecule has 1 aromatic rings. The molecule has 1 aliphatic rings. The summed E-state index contributed by atoms with van der Waals surface area (Å²) in [7, 11) is 0. The normalized spacial score (nSPS) is 26.0. The number of ether oxygens (including phenoxy) is 2. The molecule has 1 aliphatic heterocycles. The second kappa shape index (κ2) is 3.71. The lowest BCUT2D eigenvalue weighted by atomic mass is 10.0. The van der Waals surface area contributed by atoms with Crippen molar-refractivity contribution in [1.29, 1.82) is 0 Å². The second-order valence-electron chi connectivity index (χ2n) is 4.24. The van der Waals surface area contributed by atoms with Crippen LogP contribution >= 0.6 is 0 Å². The maximum atomic E-state index is 5.84. The van der Waals surface area contributed by atoms with E-state index in [1.54, 1.807) is 0 Å². The van der Waals surface area contributed by atoms with Crippen LogP contribution in [-0.2, 0) is 9.47 Å². The third-order valence-corrected chi connectivity index (χ3v) is 2.47. The molecule has 14 heavy (non-hydrogen) atoms. The van der Waals surface area contributed by atoms with Gasteiger partial charge in [-0.05, 0) is 20.3 Å². The van der Waals surface area contributed by atoms with Crippen molar-refractivity contribution < 1.29 is 9.47 Å². The first-order chi connectivity index (χ1) is 6.67. The van der Waals surface area contributed by atoms with E-state index < -0.39 is 0 Å². The van der Waals surface area contributed by atoms with Crippen molar-refractivity contribution >= 4 is 0 Å². The van der Waals surface area contributed by atoms with Gasteiger partial charge >= 0.3 is 0 Å². The van der Waals surface area contributed by atoms with Gasteiger partial charge in [-0.2, -0.15) is 0 Å². The van der Waals surface area contributed by atoms with Crippen LogP contribution < -0.4 is 0 Å². The molecule has 0 bridgehead atoms. The Kier molecular flexibility index (Phi) is 2.57. The SMILES string of the molecule is CC1(C)CCOC(c2ccccc2)O1. The summed E-state index contributed by atoms with van der Waals surface area (Å²) in [6.07, 6.45) is 0.760. The molecule has 1 unspecified atom stereocenters. The molecule has 0 spiro atoms. The maximum absolute atomic E-state index is 5.84. The molecule has 0 amide bonds. The van der Waals surface area contributed by atoms with Crippen molar-refractivity contribution in [2.45, 2.75) is 32.2 Å². The lowest BCUT2D eigenvalue weighted by Crippen LogP contribution is -2.34. The van der Waals surface area contributed by atoms with Gasteiger partial charge in [-0.3, -0.25) is 0 Å². The fourth-order valence-corrected chi connectivity index (χ4v) is 1.57. The standard InChI is InChI=1S/C12H16O2/c1-12(2)8-9-13-11(14-12)10-6-4-3-5-7-10/h3-7,11H,8-9H2,1-2H3. The smallest absolute Gasteiger partial charge is 0.184 e. The van der Waals surface area contributed by atoms with Crippen molar-refractivity contribution in [3.63, 3.8) is 0 Å². The molecule has 0 N–H and O–H groups in total. The third-order valence-electron chi connectivity index (χ3n) is 2.47. The Morgan fingerprint density at radius 3 is 2.57 bits per heavy atom. The number of rotatable bonds is 1. The highest BCUT2D eigenvalue weighted by molar-refractivity contribution is 5.16. The van der Waals surface area contributed by atoms with E-state index in [9.17, 15) is 0 Å². The molecule has 1 atom stereocenters. The van der Waals surface area contributed by atoms with Gasteiger partial charge in [0.05, 0.1) is 12.2 Å². The quantitative estimate of drug-likeness (QED) is 0.681. The molecular weight excluding hydrogens is 176 g/mol. The summed E-state index contributed by atoms with van der Waals surface area (Å²) in [4.78, 5) is 0. The molecular formula is C12H16O2. The molecule has 2 rings (SSSR count). The summed E-state index contributed by atoms with van der Waals surface area (Å²) in [6, 6.07) is 10.1. The zero-order valence-electron chi connectivity index (χ0n) is 8.69. The highest BCUT2D eigenvalue weighted by atomic mass is 16.7. The third kappa shape index (κ3) is 2.14. The van der Waals surface area contributed by atoms with Gasteiger partial charge in [0.2, 0.25) is 0 Å². The van der Waals surface area contributed by atoms with Gasteiger partial charge in [-0.1, -0.05) is 30.3 Å². The Morgan fingerprint density at radius 1 is 1.21 bits per heavy atom. The zero-order valence-corrected chi connectivity index (χ0v) is 8.69. The largest absolute Gasteiger partial charge is 0.348 e. The van der Waals surface area contributed by atoms with Gasteiger partial charge < -0.3 is 9.47 Å². The fourth-order valence-electron chi connectivity index (χ4n) is 1.57. The zero-order chi connectivity index (χ0) is 10.0. The Bertz CT molecular complexity index is 292. The van der Waals surface area contributed by atoms with E-state index >= 15 is 0 Å². The predicted molar refractivity (Wildman–Crippen MR) is 54.9 cm³/mol. The molecule has 0 aliphatic carbocycles. The first-order valence-electron chi connectivity index (χ1n) is 5.02. The number of benzene rings is 1. The summed E-state index contributed by atoms with van der Waals surface area (Å²) in [5.74, 6) is 0. The van der Waals surface area contributed by atoms with Crippen molar-refractivity contribution in [2.75, 3.05) is 6.61 Å². The molecule has 0 aromatic heterocycles. The van der Waals surface area contributed by atoms with Gasteiger partial charge in [-0.25, -0.2) is 0 Å². The predicted octanol–water partition coefficient (Wildman–Crippen LogP) is 2.90. The minimum atomic E-state index is -0.194. The monoisotopic (exact) mass is 192 g/mol. The lowest BCUT2D eigenvalue weighted by Gasteiger charge is -2.36. The summed E-state index contributed by atoms with van der Waals surface area (Å²) < 4.78 is 11.4. The molecule has 2 nitrogen and oxygen atoms in total. The fraction of sp³-hybridized carbons (Fsp3) is 0.500. The number of hydrogen-bond acceptors (Lipinski definition) is 2. The Hall–Kier alpha value is -0.860. The van der Waals surface area contributed by atoms with E-state index in [0.717, 1.165) is 18.6 Å². The molecule has 0 saturated carbocycles. The minimum Gasteiger partial charge on any atom is -0.348 e. The van der Waals surface area contributed by atoms with Gasteiger partial charge in [0.1, 0.15) is 0 Å². The summed E-state index contributed by atoms with van der Waals surface area (Å²) >= 11 is 0. The van der Waals surface area contributed by atoms with E-state index in [2.05, 4.69) is 13.8 Å². The maximum Gasteiger partial charge on any atom is 0.184 e. The van der Waals surface area contributed by atoms with Crippen LogP contribution in [0.25, 0.3) is 0 Å². The second-order valence-corrected chi connectivity index (χ2v) is 4.24.